The van der Waals surface area contributed by atoms with Crippen LogP contribution in [0.2, 0.25) is 5.02 Å². The normalized spacial score (nSPS) is 12.4. The highest BCUT2D eigenvalue weighted by atomic mass is 79.9. The van der Waals surface area contributed by atoms with Gasteiger partial charge in [0, 0.05) is 16.9 Å². The number of hydrogen-bond acceptors (Lipinski definition) is 1. The highest BCUT2D eigenvalue weighted by molar-refractivity contribution is 9.10. The Morgan fingerprint density at radius 1 is 1.10 bits per heavy atom. The minimum Gasteiger partial charge on any atom is -0.383 e. The maximum Gasteiger partial charge on any atom is 0.0648 e. The van der Waals surface area contributed by atoms with Gasteiger partial charge < -0.3 is 5.32 Å². The molecular formula is C17H19BrClN. The highest BCUT2D eigenvalue weighted by Crippen LogP contribution is 2.29. The molecule has 0 radical (unpaired) electrons. The Labute approximate surface area is 134 Å². The molecule has 0 saturated carbocycles. The Hall–Kier alpha value is -0.990. The number of hydrogen-bond donors (Lipinski definition) is 1. The van der Waals surface area contributed by atoms with Crippen molar-refractivity contribution in [2.24, 2.45) is 5.92 Å². The summed E-state index contributed by atoms with van der Waals surface area (Å²) in [5, 5.41) is 4.21. The fourth-order valence-corrected chi connectivity index (χ4v) is 3.03. The second-order valence-corrected chi connectivity index (χ2v) is 6.59. The third kappa shape index (κ3) is 4.00. The second kappa shape index (κ2) is 7.14. The zero-order valence-corrected chi connectivity index (χ0v) is 14.1. The lowest BCUT2D eigenvalue weighted by atomic mass is 9.88. The summed E-state index contributed by atoms with van der Waals surface area (Å²) in [4.78, 5) is 0. The quantitative estimate of drug-likeness (QED) is 0.700. The molecular weight excluding hydrogens is 334 g/mol. The summed E-state index contributed by atoms with van der Waals surface area (Å²) >= 11 is 9.67. The maximum atomic E-state index is 6.25. The zero-order chi connectivity index (χ0) is 14.5. The van der Waals surface area contributed by atoms with Gasteiger partial charge in [-0.3, -0.25) is 0 Å². The van der Waals surface area contributed by atoms with E-state index < -0.39 is 0 Å². The molecule has 0 aromatic heterocycles. The summed E-state index contributed by atoms with van der Waals surface area (Å²) in [5.74, 6) is 1.04. The lowest BCUT2D eigenvalue weighted by Gasteiger charge is -2.23. The largest absolute Gasteiger partial charge is 0.383 e. The van der Waals surface area contributed by atoms with Crippen LogP contribution < -0.4 is 5.32 Å². The van der Waals surface area contributed by atoms with Crippen LogP contribution in [0.3, 0.4) is 0 Å². The van der Waals surface area contributed by atoms with Gasteiger partial charge in [0.2, 0.25) is 0 Å². The molecule has 0 aliphatic heterocycles. The van der Waals surface area contributed by atoms with Crippen LogP contribution in [0, 0.1) is 5.92 Å². The molecule has 0 aliphatic rings. The van der Waals surface area contributed by atoms with E-state index in [4.69, 9.17) is 11.6 Å². The van der Waals surface area contributed by atoms with Crippen LogP contribution in [0.5, 0.6) is 0 Å². The van der Waals surface area contributed by atoms with Crippen molar-refractivity contribution < 1.29 is 0 Å². The summed E-state index contributed by atoms with van der Waals surface area (Å²) in [6.45, 7) is 5.38. The summed E-state index contributed by atoms with van der Waals surface area (Å²) in [6, 6.07) is 16.5. The summed E-state index contributed by atoms with van der Waals surface area (Å²) in [5.41, 5.74) is 2.35. The molecule has 1 N–H and O–H groups in total. The van der Waals surface area contributed by atoms with Crippen molar-refractivity contribution in [2.75, 3.05) is 11.9 Å². The molecule has 2 aromatic carbocycles. The Morgan fingerprint density at radius 2 is 1.80 bits per heavy atom. The van der Waals surface area contributed by atoms with Crippen LogP contribution in [0.4, 0.5) is 5.69 Å². The van der Waals surface area contributed by atoms with Gasteiger partial charge in [-0.15, -0.1) is 0 Å². The summed E-state index contributed by atoms with van der Waals surface area (Å²) in [6.07, 6.45) is 0. The highest BCUT2D eigenvalue weighted by Gasteiger charge is 2.15. The van der Waals surface area contributed by atoms with E-state index in [9.17, 15) is 0 Å². The van der Waals surface area contributed by atoms with Crippen LogP contribution in [0.25, 0.3) is 0 Å². The van der Waals surface area contributed by atoms with Crippen LogP contribution in [0.15, 0.2) is 53.0 Å². The first-order chi connectivity index (χ1) is 9.58. The maximum absolute atomic E-state index is 6.25. The molecule has 2 aromatic rings. The van der Waals surface area contributed by atoms with Crippen LogP contribution in [-0.4, -0.2) is 6.54 Å². The number of anilines is 1. The summed E-state index contributed by atoms with van der Waals surface area (Å²) in [7, 11) is 0. The molecule has 106 valence electrons. The van der Waals surface area contributed by atoms with Crippen LogP contribution in [-0.2, 0) is 0 Å². The molecule has 0 spiro atoms. The number of nitrogens with one attached hydrogen (secondary N) is 1. The van der Waals surface area contributed by atoms with E-state index in [2.05, 4.69) is 65.4 Å². The van der Waals surface area contributed by atoms with Crippen LogP contribution in [0.1, 0.15) is 25.3 Å². The minimum atomic E-state index is 0.468. The third-order valence-corrected chi connectivity index (χ3v) is 4.28. The first-order valence-electron chi connectivity index (χ1n) is 6.82. The molecule has 0 saturated heterocycles. The fraction of sp³-hybridized carbons (Fsp3) is 0.294. The second-order valence-electron chi connectivity index (χ2n) is 5.27. The SMILES string of the molecule is CC(C)C(CNc1ccc(Br)cc1Cl)c1ccccc1. The average Bonchev–Trinajstić information content (AvgIpc) is 2.42. The van der Waals surface area contributed by atoms with E-state index in [1.54, 1.807) is 0 Å². The number of rotatable bonds is 5. The van der Waals surface area contributed by atoms with Crippen molar-refractivity contribution in [3.63, 3.8) is 0 Å². The van der Waals surface area contributed by atoms with E-state index in [1.165, 1.54) is 5.56 Å². The lowest BCUT2D eigenvalue weighted by Crippen LogP contribution is -2.17. The number of halogens is 2. The van der Waals surface area contributed by atoms with Gasteiger partial charge in [-0.1, -0.05) is 71.7 Å². The van der Waals surface area contributed by atoms with Gasteiger partial charge in [0.25, 0.3) is 0 Å². The monoisotopic (exact) mass is 351 g/mol. The van der Waals surface area contributed by atoms with Crippen molar-refractivity contribution in [1.82, 2.24) is 0 Å². The van der Waals surface area contributed by atoms with Gasteiger partial charge in [-0.2, -0.15) is 0 Å². The molecule has 0 heterocycles. The average molecular weight is 353 g/mol. The molecule has 2 rings (SSSR count). The van der Waals surface area contributed by atoms with E-state index >= 15 is 0 Å². The molecule has 0 amide bonds. The molecule has 0 fully saturated rings. The first kappa shape index (κ1) is 15.4. The van der Waals surface area contributed by atoms with Crippen molar-refractivity contribution in [3.8, 4) is 0 Å². The molecule has 3 heteroatoms. The van der Waals surface area contributed by atoms with Gasteiger partial charge in [-0.05, 0) is 29.7 Å². The van der Waals surface area contributed by atoms with Gasteiger partial charge in [0.15, 0.2) is 0 Å². The van der Waals surface area contributed by atoms with Gasteiger partial charge >= 0.3 is 0 Å². The zero-order valence-electron chi connectivity index (χ0n) is 11.7. The van der Waals surface area contributed by atoms with Gasteiger partial charge in [0.1, 0.15) is 0 Å². The van der Waals surface area contributed by atoms with E-state index in [0.717, 1.165) is 21.7 Å². The Bertz CT molecular complexity index is 554. The third-order valence-electron chi connectivity index (χ3n) is 3.48. The van der Waals surface area contributed by atoms with Crippen molar-refractivity contribution in [2.45, 2.75) is 19.8 Å². The van der Waals surface area contributed by atoms with Crippen LogP contribution >= 0.6 is 27.5 Å². The van der Waals surface area contributed by atoms with E-state index in [-0.39, 0.29) is 0 Å². The molecule has 1 nitrogen and oxygen atoms in total. The predicted octanol–water partition coefficient (Wildman–Crippen LogP) is 5.95. The molecule has 0 aliphatic carbocycles. The lowest BCUT2D eigenvalue weighted by molar-refractivity contribution is 0.517. The van der Waals surface area contributed by atoms with Gasteiger partial charge in [0.05, 0.1) is 10.7 Å². The minimum absolute atomic E-state index is 0.468. The molecule has 0 bridgehead atoms. The molecule has 1 atom stereocenters. The van der Waals surface area contributed by atoms with Gasteiger partial charge in [-0.25, -0.2) is 0 Å². The predicted molar refractivity (Wildman–Crippen MR) is 91.7 cm³/mol. The first-order valence-corrected chi connectivity index (χ1v) is 7.99. The van der Waals surface area contributed by atoms with Crippen molar-refractivity contribution in [1.29, 1.82) is 0 Å². The van der Waals surface area contributed by atoms with Crippen molar-refractivity contribution in [3.05, 3.63) is 63.6 Å². The number of benzene rings is 2. The van der Waals surface area contributed by atoms with E-state index in [0.29, 0.717) is 11.8 Å². The van der Waals surface area contributed by atoms with E-state index in [1.807, 2.05) is 18.2 Å². The topological polar surface area (TPSA) is 12.0 Å². The standard InChI is InChI=1S/C17H19BrClN/c1-12(2)15(13-6-4-3-5-7-13)11-20-17-9-8-14(18)10-16(17)19/h3-10,12,15,20H,11H2,1-2H3. The van der Waals surface area contributed by atoms with Crippen molar-refractivity contribution >= 4 is 33.2 Å². The smallest absolute Gasteiger partial charge is 0.0648 e. The summed E-state index contributed by atoms with van der Waals surface area (Å²) < 4.78 is 0.997. The fourth-order valence-electron chi connectivity index (χ4n) is 2.29. The molecule has 1 unspecified atom stereocenters. The Kier molecular flexibility index (Phi) is 5.50. The Balaban J connectivity index is 2.10. The molecule has 20 heavy (non-hydrogen) atoms. The Morgan fingerprint density at radius 3 is 2.40 bits per heavy atom.